The first-order chi connectivity index (χ1) is 7.81. The van der Waals surface area contributed by atoms with Crippen molar-refractivity contribution >= 4 is 0 Å². The Hall–Kier alpha value is -1.10. The van der Waals surface area contributed by atoms with E-state index >= 15 is 0 Å². The van der Waals surface area contributed by atoms with E-state index in [4.69, 9.17) is 14.2 Å². The molecule has 1 aromatic carbocycles. The molecule has 0 spiro atoms. The van der Waals surface area contributed by atoms with Crippen LogP contribution in [0.1, 0.15) is 11.7 Å². The molecule has 0 saturated carbocycles. The summed E-state index contributed by atoms with van der Waals surface area (Å²) in [4.78, 5) is 0. The third kappa shape index (κ3) is 2.52. The van der Waals surface area contributed by atoms with Crippen LogP contribution < -0.4 is 4.74 Å². The summed E-state index contributed by atoms with van der Waals surface area (Å²) >= 11 is 0. The zero-order chi connectivity index (χ0) is 11.4. The van der Waals surface area contributed by atoms with Crippen molar-refractivity contribution in [3.63, 3.8) is 0 Å². The van der Waals surface area contributed by atoms with Crippen LogP contribution in [-0.4, -0.2) is 38.1 Å². The van der Waals surface area contributed by atoms with E-state index in [0.29, 0.717) is 19.0 Å². The molecule has 1 aliphatic rings. The normalized spacial score (nSPS) is 17.9. The number of para-hydroxylation sites is 1. The third-order valence-electron chi connectivity index (χ3n) is 2.60. The lowest BCUT2D eigenvalue weighted by Gasteiger charge is -2.27. The fraction of sp³-hybridized carbons (Fsp3) is 0.500. The first kappa shape index (κ1) is 11.4. The largest absolute Gasteiger partial charge is 0.496 e. The number of hydrogen-bond donors (Lipinski definition) is 1. The van der Waals surface area contributed by atoms with Crippen LogP contribution in [0.3, 0.4) is 0 Å². The average molecular weight is 224 g/mol. The summed E-state index contributed by atoms with van der Waals surface area (Å²) in [5.74, 6) is 0.684. The van der Waals surface area contributed by atoms with Crippen LogP contribution in [0.25, 0.3) is 0 Å². The highest BCUT2D eigenvalue weighted by atomic mass is 16.6. The van der Waals surface area contributed by atoms with E-state index in [9.17, 15) is 5.11 Å². The highest BCUT2D eigenvalue weighted by Gasteiger charge is 2.21. The minimum Gasteiger partial charge on any atom is -0.496 e. The first-order valence-electron chi connectivity index (χ1n) is 5.31. The zero-order valence-electron chi connectivity index (χ0n) is 9.26. The van der Waals surface area contributed by atoms with Gasteiger partial charge in [0.2, 0.25) is 0 Å². The molecule has 1 heterocycles. The first-order valence-corrected chi connectivity index (χ1v) is 5.31. The van der Waals surface area contributed by atoms with Crippen molar-refractivity contribution in [1.82, 2.24) is 0 Å². The van der Waals surface area contributed by atoms with Crippen molar-refractivity contribution in [2.45, 2.75) is 12.2 Å². The van der Waals surface area contributed by atoms with Crippen LogP contribution in [0.2, 0.25) is 0 Å². The second-order valence-electron chi connectivity index (χ2n) is 3.75. The second kappa shape index (κ2) is 5.30. The van der Waals surface area contributed by atoms with Gasteiger partial charge in [0.15, 0.2) is 0 Å². The van der Waals surface area contributed by atoms with Gasteiger partial charge in [0.25, 0.3) is 0 Å². The molecule has 88 valence electrons. The van der Waals surface area contributed by atoms with Crippen LogP contribution in [0.4, 0.5) is 0 Å². The van der Waals surface area contributed by atoms with Crippen LogP contribution in [0.15, 0.2) is 24.3 Å². The molecule has 0 aromatic heterocycles. The van der Waals surface area contributed by atoms with Gasteiger partial charge in [-0.2, -0.15) is 0 Å². The molecule has 1 unspecified atom stereocenters. The summed E-state index contributed by atoms with van der Waals surface area (Å²) in [6.45, 7) is 1.52. The fourth-order valence-corrected chi connectivity index (χ4v) is 1.57. The van der Waals surface area contributed by atoms with Gasteiger partial charge in [-0.15, -0.1) is 0 Å². The maximum absolute atomic E-state index is 9.96. The Morgan fingerprint density at radius 1 is 1.44 bits per heavy atom. The fourth-order valence-electron chi connectivity index (χ4n) is 1.57. The lowest BCUT2D eigenvalue weighted by atomic mass is 10.1. The van der Waals surface area contributed by atoms with Crippen LogP contribution in [0, 0.1) is 0 Å². The number of hydrogen-bond acceptors (Lipinski definition) is 4. The highest BCUT2D eigenvalue weighted by molar-refractivity contribution is 5.34. The molecule has 1 atom stereocenters. The Kier molecular flexibility index (Phi) is 3.77. The maximum Gasteiger partial charge on any atom is 0.124 e. The monoisotopic (exact) mass is 224 g/mol. The molecule has 0 radical (unpaired) electrons. The molecule has 1 aliphatic heterocycles. The summed E-state index contributed by atoms with van der Waals surface area (Å²) in [5.41, 5.74) is 0.755. The summed E-state index contributed by atoms with van der Waals surface area (Å²) in [6, 6.07) is 7.40. The Balaban J connectivity index is 1.93. The Morgan fingerprint density at radius 3 is 2.81 bits per heavy atom. The van der Waals surface area contributed by atoms with Crippen molar-refractivity contribution in [2.75, 3.05) is 26.9 Å². The number of ether oxygens (including phenoxy) is 3. The van der Waals surface area contributed by atoms with E-state index in [1.54, 1.807) is 7.11 Å². The molecule has 0 aliphatic carbocycles. The van der Waals surface area contributed by atoms with Crippen molar-refractivity contribution in [1.29, 1.82) is 0 Å². The summed E-state index contributed by atoms with van der Waals surface area (Å²) in [7, 11) is 1.59. The lowest BCUT2D eigenvalue weighted by Crippen LogP contribution is -2.37. The van der Waals surface area contributed by atoms with Gasteiger partial charge in [-0.3, -0.25) is 0 Å². The Labute approximate surface area is 94.8 Å². The van der Waals surface area contributed by atoms with Gasteiger partial charge in [-0.05, 0) is 6.07 Å². The molecule has 16 heavy (non-hydrogen) atoms. The van der Waals surface area contributed by atoms with Crippen LogP contribution in [-0.2, 0) is 9.47 Å². The number of rotatable bonds is 5. The van der Waals surface area contributed by atoms with Crippen molar-refractivity contribution in [3.05, 3.63) is 29.8 Å². The molecular weight excluding hydrogens is 208 g/mol. The zero-order valence-corrected chi connectivity index (χ0v) is 9.26. The van der Waals surface area contributed by atoms with Gasteiger partial charge in [-0.25, -0.2) is 0 Å². The number of methoxy groups -OCH3 is 1. The molecule has 0 amide bonds. The smallest absolute Gasteiger partial charge is 0.124 e. The third-order valence-corrected chi connectivity index (χ3v) is 2.60. The molecule has 2 rings (SSSR count). The molecule has 1 aromatic rings. The number of aliphatic hydroxyl groups is 1. The molecule has 4 nitrogen and oxygen atoms in total. The van der Waals surface area contributed by atoms with Gasteiger partial charge in [-0.1, -0.05) is 18.2 Å². The quantitative estimate of drug-likeness (QED) is 0.815. The molecule has 1 saturated heterocycles. The summed E-state index contributed by atoms with van der Waals surface area (Å²) in [6.07, 6.45) is -0.527. The Morgan fingerprint density at radius 2 is 2.19 bits per heavy atom. The predicted octanol–water partition coefficient (Wildman–Crippen LogP) is 1.14. The SMILES string of the molecule is COc1ccccc1C(O)COC1COC1. The van der Waals surface area contributed by atoms with E-state index in [1.807, 2.05) is 24.3 Å². The molecule has 1 N–H and O–H groups in total. The predicted molar refractivity (Wildman–Crippen MR) is 58.5 cm³/mol. The average Bonchev–Trinajstić information content (AvgIpc) is 2.26. The molecule has 0 bridgehead atoms. The standard InChI is InChI=1S/C12H16O4/c1-14-12-5-3-2-4-10(12)11(13)8-16-9-6-15-7-9/h2-5,9,11,13H,6-8H2,1H3. The second-order valence-corrected chi connectivity index (χ2v) is 3.75. The minimum atomic E-state index is -0.656. The van der Waals surface area contributed by atoms with Gasteiger partial charge in [0.1, 0.15) is 18.0 Å². The Bertz CT molecular complexity index is 336. The van der Waals surface area contributed by atoms with Crippen molar-refractivity contribution < 1.29 is 19.3 Å². The van der Waals surface area contributed by atoms with Gasteiger partial charge in [0, 0.05) is 5.56 Å². The van der Waals surface area contributed by atoms with E-state index in [0.717, 1.165) is 5.56 Å². The van der Waals surface area contributed by atoms with Crippen molar-refractivity contribution in [2.24, 2.45) is 0 Å². The van der Waals surface area contributed by atoms with E-state index in [1.165, 1.54) is 0 Å². The number of aliphatic hydroxyl groups excluding tert-OH is 1. The molecule has 4 heteroatoms. The topological polar surface area (TPSA) is 47.9 Å². The van der Waals surface area contributed by atoms with E-state index in [-0.39, 0.29) is 12.7 Å². The van der Waals surface area contributed by atoms with Gasteiger partial charge < -0.3 is 19.3 Å². The van der Waals surface area contributed by atoms with Crippen LogP contribution >= 0.6 is 0 Å². The van der Waals surface area contributed by atoms with Crippen LogP contribution in [0.5, 0.6) is 5.75 Å². The van der Waals surface area contributed by atoms with Gasteiger partial charge in [0.05, 0.1) is 26.9 Å². The highest BCUT2D eigenvalue weighted by Crippen LogP contribution is 2.25. The minimum absolute atomic E-state index is 0.129. The lowest BCUT2D eigenvalue weighted by molar-refractivity contribution is -0.143. The molecule has 1 fully saturated rings. The maximum atomic E-state index is 9.96. The summed E-state index contributed by atoms with van der Waals surface area (Å²) in [5, 5.41) is 9.96. The van der Waals surface area contributed by atoms with E-state index < -0.39 is 6.10 Å². The van der Waals surface area contributed by atoms with Crippen molar-refractivity contribution in [3.8, 4) is 5.75 Å². The number of benzene rings is 1. The van der Waals surface area contributed by atoms with E-state index in [2.05, 4.69) is 0 Å². The van der Waals surface area contributed by atoms with Gasteiger partial charge >= 0.3 is 0 Å². The summed E-state index contributed by atoms with van der Waals surface area (Å²) < 4.78 is 15.6. The molecular formula is C12H16O4.